The lowest BCUT2D eigenvalue weighted by Crippen LogP contribution is -2.52. The maximum Gasteiger partial charge on any atom is 0.455 e. The van der Waals surface area contributed by atoms with E-state index in [-0.39, 0.29) is 19.4 Å². The molecule has 0 aliphatic rings. The van der Waals surface area contributed by atoms with Gasteiger partial charge >= 0.3 is 33.9 Å². The van der Waals surface area contributed by atoms with E-state index in [4.69, 9.17) is 0 Å². The highest BCUT2D eigenvalue weighted by Crippen LogP contribution is 2.44. The minimum atomic E-state index is -6.45. The predicted octanol–water partition coefficient (Wildman–Crippen LogP) is 2.75. The number of nitrogens with zero attached hydrogens (tertiary/aromatic N) is 2. The third-order valence-corrected chi connectivity index (χ3v) is 3.60. The Balaban J connectivity index is 5.58. The molecule has 0 aromatic heterocycles. The molecule has 23 heavy (non-hydrogen) atoms. The zero-order chi connectivity index (χ0) is 18.7. The van der Waals surface area contributed by atoms with Crippen LogP contribution in [-0.2, 0) is 14.8 Å². The van der Waals surface area contributed by atoms with Gasteiger partial charge in [-0.3, -0.25) is 0 Å². The van der Waals surface area contributed by atoms with E-state index in [9.17, 15) is 43.5 Å². The summed E-state index contributed by atoms with van der Waals surface area (Å²) in [6.45, 7) is 3.03. The third kappa shape index (κ3) is 4.89. The molecule has 0 heterocycles. The van der Waals surface area contributed by atoms with Gasteiger partial charge in [-0.05, 0) is 13.8 Å². The lowest BCUT2D eigenvalue weighted by molar-refractivity contribution is -0.435. The van der Waals surface area contributed by atoms with E-state index in [0.29, 0.717) is 0 Å². The van der Waals surface area contributed by atoms with E-state index in [1.807, 2.05) is 0 Å². The first-order chi connectivity index (χ1) is 10.1. The Kier molecular flexibility index (Phi) is 6.78. The number of hydrogen-bond donors (Lipinski definition) is 0. The normalized spacial score (nSPS) is 14.7. The van der Waals surface area contributed by atoms with Crippen LogP contribution in [0.15, 0.2) is 4.40 Å². The van der Waals surface area contributed by atoms with Gasteiger partial charge in [-0.1, -0.05) is 0 Å². The Morgan fingerprint density at radius 3 is 1.87 bits per heavy atom. The maximum absolute atomic E-state index is 13.3. The van der Waals surface area contributed by atoms with Crippen LogP contribution < -0.4 is 0 Å². The molecule has 0 atom stereocenters. The van der Waals surface area contributed by atoms with E-state index in [1.54, 1.807) is 0 Å². The highest BCUT2D eigenvalue weighted by molar-refractivity contribution is 7.91. The standard InChI is InChI=1S/C9H12F8N2O3S/c1-3-19(4-2)5-18-23(20,21)9(16,17)8(14,15)22-7(12,13)6(10)11/h5-6H,3-4H2,1-2H3/b18-5+. The zero-order valence-corrected chi connectivity index (χ0v) is 12.4. The van der Waals surface area contributed by atoms with Crippen molar-refractivity contribution in [3.05, 3.63) is 0 Å². The molecule has 0 unspecified atom stereocenters. The van der Waals surface area contributed by atoms with Gasteiger partial charge in [0.15, 0.2) is 0 Å². The monoisotopic (exact) mass is 380 g/mol. The Hall–Kier alpha value is -1.18. The second kappa shape index (κ2) is 7.15. The van der Waals surface area contributed by atoms with Gasteiger partial charge in [-0.25, -0.2) is 13.5 Å². The van der Waals surface area contributed by atoms with E-state index >= 15 is 0 Å². The molecule has 0 spiro atoms. The van der Waals surface area contributed by atoms with Crippen molar-refractivity contribution >= 4 is 16.4 Å². The summed E-state index contributed by atoms with van der Waals surface area (Å²) in [5.74, 6) is 0. The van der Waals surface area contributed by atoms with Crippen LogP contribution in [0.5, 0.6) is 0 Å². The SMILES string of the molecule is CCN(/C=N/S(=O)(=O)C(F)(F)C(F)(F)OC(F)(F)C(F)F)CC. The number of ether oxygens (including phenoxy) is 1. The molecular weight excluding hydrogens is 368 g/mol. The molecule has 0 aromatic rings. The van der Waals surface area contributed by atoms with Crippen molar-refractivity contribution in [3.63, 3.8) is 0 Å². The van der Waals surface area contributed by atoms with Crippen molar-refractivity contribution in [3.8, 4) is 0 Å². The van der Waals surface area contributed by atoms with Crippen LogP contribution in [0, 0.1) is 0 Å². The van der Waals surface area contributed by atoms with E-state index < -0.39 is 33.9 Å². The highest BCUT2D eigenvalue weighted by atomic mass is 32.2. The van der Waals surface area contributed by atoms with Crippen LogP contribution in [0.4, 0.5) is 35.1 Å². The smallest absolute Gasteiger partial charge is 0.362 e. The first kappa shape index (κ1) is 21.8. The Morgan fingerprint density at radius 2 is 1.52 bits per heavy atom. The van der Waals surface area contributed by atoms with Crippen molar-refractivity contribution in [2.45, 2.75) is 37.7 Å². The summed E-state index contributed by atoms with van der Waals surface area (Å²) in [7, 11) is -6.39. The van der Waals surface area contributed by atoms with Crippen molar-refractivity contribution in [2.24, 2.45) is 4.40 Å². The fourth-order valence-corrected chi connectivity index (χ4v) is 1.74. The van der Waals surface area contributed by atoms with Gasteiger partial charge in [0, 0.05) is 13.1 Å². The molecule has 0 radical (unpaired) electrons. The molecule has 0 saturated heterocycles. The lowest BCUT2D eigenvalue weighted by atomic mass is 10.6. The molecule has 0 saturated carbocycles. The fraction of sp³-hybridized carbons (Fsp3) is 0.889. The van der Waals surface area contributed by atoms with Gasteiger partial charge in [0.25, 0.3) is 0 Å². The quantitative estimate of drug-likeness (QED) is 0.351. The van der Waals surface area contributed by atoms with Crippen molar-refractivity contribution < 1.29 is 48.3 Å². The van der Waals surface area contributed by atoms with Gasteiger partial charge in [-0.15, -0.1) is 4.40 Å². The van der Waals surface area contributed by atoms with Gasteiger partial charge in [0.05, 0.1) is 0 Å². The van der Waals surface area contributed by atoms with Crippen LogP contribution in [0.3, 0.4) is 0 Å². The molecule has 138 valence electrons. The third-order valence-electron chi connectivity index (χ3n) is 2.34. The highest BCUT2D eigenvalue weighted by Gasteiger charge is 2.71. The largest absolute Gasteiger partial charge is 0.455 e. The first-order valence-electron chi connectivity index (χ1n) is 5.80. The maximum atomic E-state index is 13.3. The molecular formula is C9H12F8N2O3S. The number of halogens is 8. The van der Waals surface area contributed by atoms with Crippen molar-refractivity contribution in [1.29, 1.82) is 0 Å². The van der Waals surface area contributed by atoms with Crippen molar-refractivity contribution in [2.75, 3.05) is 13.1 Å². The average molecular weight is 380 g/mol. The van der Waals surface area contributed by atoms with Gasteiger partial charge in [0.1, 0.15) is 6.34 Å². The lowest BCUT2D eigenvalue weighted by Gasteiger charge is -2.27. The number of hydrogen-bond acceptors (Lipinski definition) is 3. The summed E-state index contributed by atoms with van der Waals surface area (Å²) < 4.78 is 127. The molecule has 0 aromatic carbocycles. The van der Waals surface area contributed by atoms with Crippen LogP contribution in [0.1, 0.15) is 13.8 Å². The van der Waals surface area contributed by atoms with Crippen LogP contribution in [0.2, 0.25) is 0 Å². The van der Waals surface area contributed by atoms with Crippen molar-refractivity contribution in [1.82, 2.24) is 4.90 Å². The summed E-state index contributed by atoms with van der Waals surface area (Å²) in [5, 5.41) is -6.30. The first-order valence-corrected chi connectivity index (χ1v) is 7.24. The van der Waals surface area contributed by atoms with E-state index in [0.717, 1.165) is 4.90 Å². The van der Waals surface area contributed by atoms with E-state index in [1.165, 1.54) is 13.8 Å². The summed E-state index contributed by atoms with van der Waals surface area (Å²) >= 11 is 0. The Bertz CT molecular complexity index is 519. The predicted molar refractivity (Wildman–Crippen MR) is 62.3 cm³/mol. The van der Waals surface area contributed by atoms with Gasteiger partial charge in [-0.2, -0.15) is 34.8 Å². The zero-order valence-electron chi connectivity index (χ0n) is 11.6. The average Bonchev–Trinajstić information content (AvgIpc) is 2.37. The minimum Gasteiger partial charge on any atom is -0.362 e. The molecule has 0 fully saturated rings. The Labute approximate surface area is 126 Å². The number of sulfonamides is 1. The Morgan fingerprint density at radius 1 is 1.09 bits per heavy atom. The molecule has 0 amide bonds. The second-order valence-corrected chi connectivity index (χ2v) is 5.59. The molecule has 0 aliphatic carbocycles. The van der Waals surface area contributed by atoms with E-state index in [2.05, 4.69) is 9.13 Å². The molecule has 0 bridgehead atoms. The number of rotatable bonds is 9. The summed E-state index contributed by atoms with van der Waals surface area (Å²) in [6, 6.07) is 0. The van der Waals surface area contributed by atoms with Gasteiger partial charge < -0.3 is 4.90 Å². The summed E-state index contributed by atoms with van der Waals surface area (Å²) in [4.78, 5) is 1.00. The van der Waals surface area contributed by atoms with Crippen LogP contribution in [0.25, 0.3) is 0 Å². The second-order valence-electron chi connectivity index (χ2n) is 3.92. The molecule has 5 nitrogen and oxygen atoms in total. The molecule has 0 aliphatic heterocycles. The topological polar surface area (TPSA) is 59.0 Å². The summed E-state index contributed by atoms with van der Waals surface area (Å²) in [6.07, 6.45) is -17.1. The van der Waals surface area contributed by atoms with Crippen LogP contribution in [-0.4, -0.2) is 56.6 Å². The summed E-state index contributed by atoms with van der Waals surface area (Å²) in [5.41, 5.74) is 0. The van der Waals surface area contributed by atoms with Crippen LogP contribution >= 0.6 is 0 Å². The van der Waals surface area contributed by atoms with Gasteiger partial charge in [0.2, 0.25) is 0 Å². The molecule has 0 rings (SSSR count). The molecule has 14 heteroatoms. The number of alkyl halides is 8. The fourth-order valence-electron chi connectivity index (χ4n) is 1.01. The molecule has 0 N–H and O–H groups in total. The minimum absolute atomic E-state index is 0.0669.